The van der Waals surface area contributed by atoms with Crippen LogP contribution in [-0.2, 0) is 33.6 Å². The number of hydrogen-bond donors (Lipinski definition) is 3. The number of benzene rings is 1. The highest BCUT2D eigenvalue weighted by Gasteiger charge is 2.55. The van der Waals surface area contributed by atoms with Gasteiger partial charge < -0.3 is 15.1 Å². The molecule has 2 saturated carbocycles. The van der Waals surface area contributed by atoms with Crippen LogP contribution in [0.3, 0.4) is 0 Å². The highest BCUT2D eigenvalue weighted by atomic mass is 17.1. The number of ketones is 1. The third-order valence-corrected chi connectivity index (χ3v) is 7.66. The van der Waals surface area contributed by atoms with E-state index in [4.69, 9.17) is 0 Å². The molecule has 4 atom stereocenters. The van der Waals surface area contributed by atoms with Gasteiger partial charge in [0.25, 0.3) is 0 Å². The molecule has 3 N–H and O–H groups in total. The lowest BCUT2D eigenvalue weighted by molar-refractivity contribution is -0.141. The Kier molecular flexibility index (Phi) is 4.89. The van der Waals surface area contributed by atoms with Crippen LogP contribution in [0.25, 0.3) is 0 Å². The number of carbonyl (C=O) groups excluding carboxylic acids is 1. The van der Waals surface area contributed by atoms with Crippen LogP contribution in [-0.4, -0.2) is 33.2 Å². The average molecular weight is 402 g/mol. The monoisotopic (exact) mass is 402 g/mol. The van der Waals surface area contributed by atoms with E-state index >= 15 is 0 Å². The minimum atomic E-state index is -1.11. The summed E-state index contributed by atoms with van der Waals surface area (Å²) < 4.78 is 0. The topological polar surface area (TPSA) is 121 Å². The lowest BCUT2D eigenvalue weighted by Crippen LogP contribution is -2.43. The van der Waals surface area contributed by atoms with Crippen molar-refractivity contribution in [1.29, 1.82) is 0 Å². The van der Waals surface area contributed by atoms with Crippen LogP contribution in [0.4, 0.5) is 0 Å². The van der Waals surface area contributed by atoms with Crippen LogP contribution < -0.4 is 4.89 Å². The maximum atomic E-state index is 12.5. The molecular weight excluding hydrogens is 376 g/mol. The normalized spacial score (nSPS) is 30.3. The first-order valence-corrected chi connectivity index (χ1v) is 10.2. The van der Waals surface area contributed by atoms with Crippen molar-refractivity contribution < 1.29 is 34.7 Å². The van der Waals surface area contributed by atoms with E-state index in [-0.39, 0.29) is 35.0 Å². The van der Waals surface area contributed by atoms with E-state index < -0.39 is 18.4 Å². The second-order valence-corrected chi connectivity index (χ2v) is 8.97. The quantitative estimate of drug-likeness (QED) is 0.511. The first-order valence-electron chi connectivity index (χ1n) is 10.2. The van der Waals surface area contributed by atoms with Gasteiger partial charge in [0.05, 0.1) is 12.8 Å². The van der Waals surface area contributed by atoms with E-state index in [1.807, 2.05) is 0 Å². The number of fused-ring (bicyclic) bond motifs is 5. The molecular formula is C22H26O7. The first-order chi connectivity index (χ1) is 13.8. The Morgan fingerprint density at radius 2 is 1.79 bits per heavy atom. The molecule has 2 fully saturated rings. The summed E-state index contributed by atoms with van der Waals surface area (Å²) in [4.78, 5) is 40.1. The van der Waals surface area contributed by atoms with Crippen molar-refractivity contribution in [1.82, 2.24) is 0 Å². The van der Waals surface area contributed by atoms with Crippen LogP contribution in [0, 0.1) is 17.3 Å². The molecule has 156 valence electrons. The van der Waals surface area contributed by atoms with Crippen molar-refractivity contribution >= 4 is 17.7 Å². The van der Waals surface area contributed by atoms with Gasteiger partial charge in [0.1, 0.15) is 5.78 Å². The molecule has 3 aliphatic carbocycles. The molecule has 0 amide bonds. The molecule has 0 heterocycles. The minimum Gasteiger partial charge on any atom is -0.481 e. The molecule has 0 saturated heterocycles. The number of rotatable bonds is 5. The Morgan fingerprint density at radius 1 is 1.10 bits per heavy atom. The Balaban J connectivity index is 1.85. The molecule has 0 bridgehead atoms. The van der Waals surface area contributed by atoms with Crippen LogP contribution in [0.15, 0.2) is 6.07 Å². The summed E-state index contributed by atoms with van der Waals surface area (Å²) in [7, 11) is 0. The molecule has 7 nitrogen and oxygen atoms in total. The van der Waals surface area contributed by atoms with E-state index in [0.717, 1.165) is 36.8 Å². The van der Waals surface area contributed by atoms with E-state index in [2.05, 4.69) is 11.8 Å². The summed E-state index contributed by atoms with van der Waals surface area (Å²) in [5, 5.41) is 28.2. The van der Waals surface area contributed by atoms with Gasteiger partial charge in [-0.3, -0.25) is 14.4 Å². The molecule has 0 radical (unpaired) electrons. The molecule has 0 unspecified atom stereocenters. The molecule has 3 aliphatic rings. The Morgan fingerprint density at radius 3 is 2.45 bits per heavy atom. The van der Waals surface area contributed by atoms with Crippen molar-refractivity contribution in [2.45, 2.75) is 64.2 Å². The second-order valence-electron chi connectivity index (χ2n) is 8.97. The van der Waals surface area contributed by atoms with E-state index in [1.165, 1.54) is 0 Å². The molecule has 0 aliphatic heterocycles. The lowest BCUT2D eigenvalue weighted by atomic mass is 9.55. The van der Waals surface area contributed by atoms with Gasteiger partial charge in [0.15, 0.2) is 5.75 Å². The summed E-state index contributed by atoms with van der Waals surface area (Å²) in [5.74, 6) is -1.11. The van der Waals surface area contributed by atoms with Gasteiger partial charge in [0, 0.05) is 17.4 Å². The van der Waals surface area contributed by atoms with E-state index in [1.54, 1.807) is 6.07 Å². The van der Waals surface area contributed by atoms with Gasteiger partial charge in [-0.15, -0.1) is 0 Å². The Labute approximate surface area is 168 Å². The zero-order valence-electron chi connectivity index (χ0n) is 16.4. The van der Waals surface area contributed by atoms with Crippen molar-refractivity contribution in [3.05, 3.63) is 28.3 Å². The largest absolute Gasteiger partial charge is 0.481 e. The zero-order chi connectivity index (χ0) is 20.9. The molecule has 29 heavy (non-hydrogen) atoms. The molecule has 7 heteroatoms. The number of carboxylic acid groups (broad SMARTS) is 2. The Hall–Kier alpha value is -2.41. The smallest absolute Gasteiger partial charge is 0.307 e. The fourth-order valence-electron chi connectivity index (χ4n) is 6.42. The first kappa shape index (κ1) is 19.9. The maximum Gasteiger partial charge on any atom is 0.307 e. The van der Waals surface area contributed by atoms with E-state index in [0.29, 0.717) is 30.1 Å². The van der Waals surface area contributed by atoms with Gasteiger partial charge in [0.2, 0.25) is 0 Å². The third kappa shape index (κ3) is 3.12. The predicted molar refractivity (Wildman–Crippen MR) is 102 cm³/mol. The maximum absolute atomic E-state index is 12.5. The standard InChI is InChI=1S/C22H26O7/c1-22-7-6-13-12(16(22)4-5-18(22)23)3-2-11-8-17(29-28)14(9-19(24)25)15(21(11)13)10-20(26)27/h8,12-13,16,28H,2-7,9-10H2,1H3,(H,24,25)(H,26,27)/t12-,13+,16+,22+/m1/s1. The number of carbonyl (C=O) groups is 3. The summed E-state index contributed by atoms with van der Waals surface area (Å²) in [6.45, 7) is 2.08. The van der Waals surface area contributed by atoms with Crippen molar-refractivity contribution in [3.63, 3.8) is 0 Å². The van der Waals surface area contributed by atoms with Crippen LogP contribution in [0.5, 0.6) is 5.75 Å². The van der Waals surface area contributed by atoms with Crippen molar-refractivity contribution in [2.24, 2.45) is 17.3 Å². The fraction of sp³-hybridized carbons (Fsp3) is 0.591. The molecule has 4 rings (SSSR count). The summed E-state index contributed by atoms with van der Waals surface area (Å²) >= 11 is 0. The lowest BCUT2D eigenvalue weighted by Gasteiger charge is -2.49. The second kappa shape index (κ2) is 7.13. The van der Waals surface area contributed by atoms with Gasteiger partial charge in [-0.2, -0.15) is 0 Å². The van der Waals surface area contributed by atoms with Crippen LogP contribution >= 0.6 is 0 Å². The molecule has 0 aromatic heterocycles. The SMILES string of the molecule is C[C@]12CC[C@@H]3c4c(cc(OO)c(CC(=O)O)c4CC(=O)O)CC[C@H]3[C@@H]1CCC2=O. The Bertz CT molecular complexity index is 890. The molecule has 1 aromatic carbocycles. The zero-order valence-corrected chi connectivity index (χ0v) is 16.4. The number of carboxylic acids is 2. The van der Waals surface area contributed by atoms with Crippen LogP contribution in [0.1, 0.15) is 67.2 Å². The third-order valence-electron chi connectivity index (χ3n) is 7.66. The van der Waals surface area contributed by atoms with Gasteiger partial charge in [-0.25, -0.2) is 5.26 Å². The predicted octanol–water partition coefficient (Wildman–Crippen LogP) is 3.22. The number of hydrogen-bond acceptors (Lipinski definition) is 5. The minimum absolute atomic E-state index is 0.0255. The number of Topliss-reactive ketones (excluding diaryl/α,β-unsaturated/α-hetero) is 1. The van der Waals surface area contributed by atoms with Crippen molar-refractivity contribution in [3.8, 4) is 5.75 Å². The number of aryl methyl sites for hydroxylation is 1. The summed E-state index contributed by atoms with van der Waals surface area (Å²) in [5.41, 5.74) is 2.25. The highest BCUT2D eigenvalue weighted by molar-refractivity contribution is 5.87. The van der Waals surface area contributed by atoms with Gasteiger partial charge >= 0.3 is 11.9 Å². The van der Waals surface area contributed by atoms with E-state index in [9.17, 15) is 29.9 Å². The van der Waals surface area contributed by atoms with Crippen LogP contribution in [0.2, 0.25) is 0 Å². The molecule has 1 aromatic rings. The van der Waals surface area contributed by atoms with Crippen molar-refractivity contribution in [2.75, 3.05) is 0 Å². The summed E-state index contributed by atoms with van der Waals surface area (Å²) in [6, 6.07) is 1.67. The summed E-state index contributed by atoms with van der Waals surface area (Å²) in [6.07, 6.45) is 3.93. The average Bonchev–Trinajstić information content (AvgIpc) is 2.97. The van der Waals surface area contributed by atoms with Gasteiger partial charge in [-0.1, -0.05) is 6.92 Å². The highest BCUT2D eigenvalue weighted by Crippen LogP contribution is 2.60. The number of aliphatic carboxylic acids is 2. The fourth-order valence-corrected chi connectivity index (χ4v) is 6.42. The van der Waals surface area contributed by atoms with Gasteiger partial charge in [-0.05, 0) is 72.6 Å². The molecule has 0 spiro atoms.